The normalized spacial score (nSPS) is 11.3. The van der Waals surface area contributed by atoms with Crippen molar-refractivity contribution in [1.29, 1.82) is 0 Å². The molecular weight excluding hydrogens is 374 g/mol. The lowest BCUT2D eigenvalue weighted by atomic mass is 10.0. The van der Waals surface area contributed by atoms with Crippen molar-refractivity contribution < 1.29 is 14.3 Å². The first-order chi connectivity index (χ1) is 13.4. The van der Waals surface area contributed by atoms with E-state index >= 15 is 0 Å². The lowest BCUT2D eigenvalue weighted by Crippen LogP contribution is -2.32. The van der Waals surface area contributed by atoms with Gasteiger partial charge < -0.3 is 25.0 Å². The first-order valence-electron chi connectivity index (χ1n) is 9.00. The highest BCUT2D eigenvalue weighted by Crippen LogP contribution is 2.30. The largest absolute Gasteiger partial charge is 0.493 e. The fourth-order valence-corrected chi connectivity index (χ4v) is 3.03. The van der Waals surface area contributed by atoms with Crippen LogP contribution in [0, 0.1) is 0 Å². The fraction of sp³-hybridized carbons (Fsp3) is 0.333. The summed E-state index contributed by atoms with van der Waals surface area (Å²) in [6.07, 6.45) is 0.841. The van der Waals surface area contributed by atoms with Crippen LogP contribution in [0.5, 0.6) is 11.5 Å². The van der Waals surface area contributed by atoms with Crippen molar-refractivity contribution in [2.45, 2.75) is 19.4 Å². The Kier molecular flexibility index (Phi) is 7.63. The second-order valence-electron chi connectivity index (χ2n) is 6.45. The number of hydrogen-bond donors (Lipinski definition) is 2. The minimum Gasteiger partial charge on any atom is -0.493 e. The quantitative estimate of drug-likeness (QED) is 0.688. The van der Waals surface area contributed by atoms with Gasteiger partial charge in [0.15, 0.2) is 16.6 Å². The molecule has 0 aliphatic carbocycles. The summed E-state index contributed by atoms with van der Waals surface area (Å²) in [5, 5.41) is 6.99. The summed E-state index contributed by atoms with van der Waals surface area (Å²) >= 11 is 5.46. The number of nitrogens with one attached hydrogen (secondary N) is 2. The average molecular weight is 402 g/mol. The van der Waals surface area contributed by atoms with Crippen LogP contribution in [-0.4, -0.2) is 44.2 Å². The number of amides is 1. The number of rotatable bonds is 7. The maximum Gasteiger partial charge on any atom is 0.253 e. The predicted molar refractivity (Wildman–Crippen MR) is 116 cm³/mol. The maximum atomic E-state index is 12.0. The van der Waals surface area contributed by atoms with E-state index in [4.69, 9.17) is 21.7 Å². The molecule has 0 saturated heterocycles. The van der Waals surface area contributed by atoms with Gasteiger partial charge in [0.1, 0.15) is 0 Å². The lowest BCUT2D eigenvalue weighted by Gasteiger charge is -2.21. The van der Waals surface area contributed by atoms with Crippen LogP contribution >= 0.6 is 12.2 Å². The number of anilines is 1. The van der Waals surface area contributed by atoms with Gasteiger partial charge in [-0.05, 0) is 60.6 Å². The van der Waals surface area contributed by atoms with Crippen LogP contribution in [0.2, 0.25) is 0 Å². The third-order valence-corrected chi connectivity index (χ3v) is 4.54. The Hall–Kier alpha value is -2.80. The SMILES string of the molecule is CC[C@@H](NC(=S)Nc1ccc(C(=O)N(C)C)cc1)c1ccc(OC)c(OC)c1. The van der Waals surface area contributed by atoms with E-state index in [0.717, 1.165) is 17.7 Å². The van der Waals surface area contributed by atoms with Crippen LogP contribution in [0.1, 0.15) is 35.3 Å². The van der Waals surface area contributed by atoms with Crippen molar-refractivity contribution in [3.05, 3.63) is 53.6 Å². The predicted octanol–water partition coefficient (Wildman–Crippen LogP) is 3.84. The molecule has 0 fully saturated rings. The molecule has 2 N–H and O–H groups in total. The zero-order valence-electron chi connectivity index (χ0n) is 16.9. The van der Waals surface area contributed by atoms with Crippen molar-refractivity contribution in [2.75, 3.05) is 33.6 Å². The molecule has 0 heterocycles. The van der Waals surface area contributed by atoms with Crippen LogP contribution in [0.3, 0.4) is 0 Å². The van der Waals surface area contributed by atoms with Gasteiger partial charge in [0.25, 0.3) is 5.91 Å². The highest BCUT2D eigenvalue weighted by atomic mass is 32.1. The Balaban J connectivity index is 2.05. The van der Waals surface area contributed by atoms with Gasteiger partial charge in [0, 0.05) is 25.3 Å². The molecule has 0 bridgehead atoms. The summed E-state index contributed by atoms with van der Waals surface area (Å²) in [6.45, 7) is 2.08. The van der Waals surface area contributed by atoms with Gasteiger partial charge in [-0.25, -0.2) is 0 Å². The highest BCUT2D eigenvalue weighted by molar-refractivity contribution is 7.80. The minimum atomic E-state index is -0.0354. The van der Waals surface area contributed by atoms with Crippen LogP contribution in [0.15, 0.2) is 42.5 Å². The Bertz CT molecular complexity index is 822. The van der Waals surface area contributed by atoms with Crippen molar-refractivity contribution in [1.82, 2.24) is 10.2 Å². The molecule has 1 amide bonds. The van der Waals surface area contributed by atoms with E-state index < -0.39 is 0 Å². The summed E-state index contributed by atoms with van der Waals surface area (Å²) in [6, 6.07) is 13.1. The van der Waals surface area contributed by atoms with Crippen molar-refractivity contribution in [3.8, 4) is 11.5 Å². The van der Waals surface area contributed by atoms with Crippen LogP contribution in [-0.2, 0) is 0 Å². The molecule has 150 valence electrons. The highest BCUT2D eigenvalue weighted by Gasteiger charge is 2.14. The number of thiocarbonyl (C=S) groups is 1. The van der Waals surface area contributed by atoms with Crippen molar-refractivity contribution in [3.63, 3.8) is 0 Å². The van der Waals surface area contributed by atoms with Gasteiger partial charge in [0.05, 0.1) is 20.3 Å². The molecule has 28 heavy (non-hydrogen) atoms. The Morgan fingerprint density at radius 3 is 2.25 bits per heavy atom. The Labute approximate surface area is 171 Å². The number of benzene rings is 2. The third kappa shape index (κ3) is 5.36. The van der Waals surface area contributed by atoms with Crippen molar-refractivity contribution in [2.24, 2.45) is 0 Å². The van der Waals surface area contributed by atoms with E-state index in [0.29, 0.717) is 22.2 Å². The number of nitrogens with zero attached hydrogens (tertiary/aromatic N) is 1. The molecule has 0 spiro atoms. The molecular formula is C21H27N3O3S. The van der Waals surface area contributed by atoms with Crippen LogP contribution < -0.4 is 20.1 Å². The molecule has 2 aromatic carbocycles. The average Bonchev–Trinajstić information content (AvgIpc) is 2.71. The first-order valence-corrected chi connectivity index (χ1v) is 9.41. The molecule has 2 rings (SSSR count). The topological polar surface area (TPSA) is 62.8 Å². The number of carbonyl (C=O) groups excluding carboxylic acids is 1. The van der Waals surface area contributed by atoms with Gasteiger partial charge in [-0.2, -0.15) is 0 Å². The lowest BCUT2D eigenvalue weighted by molar-refractivity contribution is 0.0827. The smallest absolute Gasteiger partial charge is 0.253 e. The second kappa shape index (κ2) is 9.94. The number of ether oxygens (including phenoxy) is 2. The number of hydrogen-bond acceptors (Lipinski definition) is 4. The number of carbonyl (C=O) groups is 1. The van der Waals surface area contributed by atoms with Gasteiger partial charge in [-0.3, -0.25) is 4.79 Å². The van der Waals surface area contributed by atoms with E-state index in [2.05, 4.69) is 17.6 Å². The van der Waals surface area contributed by atoms with E-state index in [1.165, 1.54) is 0 Å². The summed E-state index contributed by atoms with van der Waals surface area (Å²) < 4.78 is 10.7. The molecule has 0 saturated carbocycles. The fourth-order valence-electron chi connectivity index (χ4n) is 2.77. The first kappa shape index (κ1) is 21.5. The molecule has 7 heteroatoms. The summed E-state index contributed by atoms with van der Waals surface area (Å²) in [4.78, 5) is 13.5. The van der Waals surface area contributed by atoms with Crippen LogP contribution in [0.25, 0.3) is 0 Å². The molecule has 2 aromatic rings. The Morgan fingerprint density at radius 1 is 1.07 bits per heavy atom. The van der Waals surface area contributed by atoms with Gasteiger partial charge >= 0.3 is 0 Å². The Morgan fingerprint density at radius 2 is 1.71 bits per heavy atom. The molecule has 0 aliphatic heterocycles. The maximum absolute atomic E-state index is 12.0. The molecule has 6 nitrogen and oxygen atoms in total. The van der Waals surface area contributed by atoms with E-state index in [-0.39, 0.29) is 11.9 Å². The zero-order chi connectivity index (χ0) is 20.7. The van der Waals surface area contributed by atoms with Gasteiger partial charge in [0.2, 0.25) is 0 Å². The van der Waals surface area contributed by atoms with E-state index in [9.17, 15) is 4.79 Å². The molecule has 1 atom stereocenters. The van der Waals surface area contributed by atoms with Crippen molar-refractivity contribution >= 4 is 28.9 Å². The summed E-state index contributed by atoms with van der Waals surface area (Å²) in [5.74, 6) is 1.33. The standard InChI is InChI=1S/C21H27N3O3S/c1-6-17(15-9-12-18(26-4)19(13-15)27-5)23-21(28)22-16-10-7-14(8-11-16)20(25)24(2)3/h7-13,17H,6H2,1-5H3,(H2,22,23,28)/t17-/m1/s1. The molecule has 0 aromatic heterocycles. The van der Waals surface area contributed by atoms with E-state index in [1.54, 1.807) is 45.3 Å². The summed E-state index contributed by atoms with van der Waals surface area (Å²) in [5.41, 5.74) is 2.50. The monoisotopic (exact) mass is 401 g/mol. The second-order valence-corrected chi connectivity index (χ2v) is 6.86. The minimum absolute atomic E-state index is 0.0226. The van der Waals surface area contributed by atoms with Gasteiger partial charge in [-0.1, -0.05) is 13.0 Å². The molecule has 0 aliphatic rings. The summed E-state index contributed by atoms with van der Waals surface area (Å²) in [7, 11) is 6.69. The third-order valence-electron chi connectivity index (χ3n) is 4.32. The number of methoxy groups -OCH3 is 2. The van der Waals surface area contributed by atoms with Gasteiger partial charge in [-0.15, -0.1) is 0 Å². The van der Waals surface area contributed by atoms with E-state index in [1.807, 2.05) is 30.3 Å². The molecule has 0 radical (unpaired) electrons. The zero-order valence-corrected chi connectivity index (χ0v) is 17.7. The molecule has 0 unspecified atom stereocenters. The van der Waals surface area contributed by atoms with Crippen LogP contribution in [0.4, 0.5) is 5.69 Å².